The van der Waals surface area contributed by atoms with E-state index in [9.17, 15) is 4.79 Å². The van der Waals surface area contributed by atoms with Gasteiger partial charge in [-0.2, -0.15) is 11.8 Å². The van der Waals surface area contributed by atoms with Crippen molar-refractivity contribution in [2.75, 3.05) is 12.0 Å². The van der Waals surface area contributed by atoms with Crippen LogP contribution in [0, 0.1) is 0 Å². The first-order valence-corrected chi connectivity index (χ1v) is 9.02. The summed E-state index contributed by atoms with van der Waals surface area (Å²) in [6.07, 6.45) is 4.13. The minimum Gasteiger partial charge on any atom is -0.446 e. The Morgan fingerprint density at radius 3 is 3.00 bits per heavy atom. The molecular weight excluding hydrogens is 366 g/mol. The molecule has 22 heavy (non-hydrogen) atoms. The molecule has 118 valence electrons. The van der Waals surface area contributed by atoms with Gasteiger partial charge in [0.05, 0.1) is 6.04 Å². The SMILES string of the molecule is CSCCC(N)c1nc(C(=O)NCc2ccccc2Br)co1. The summed E-state index contributed by atoms with van der Waals surface area (Å²) in [5.74, 6) is 1.05. The van der Waals surface area contributed by atoms with Crippen LogP contribution in [0.3, 0.4) is 0 Å². The zero-order chi connectivity index (χ0) is 15.9. The summed E-state index contributed by atoms with van der Waals surface area (Å²) >= 11 is 5.16. The van der Waals surface area contributed by atoms with Crippen molar-refractivity contribution in [3.8, 4) is 0 Å². The lowest BCUT2D eigenvalue weighted by atomic mass is 10.2. The maximum atomic E-state index is 12.1. The molecule has 1 aromatic carbocycles. The van der Waals surface area contributed by atoms with Crippen LogP contribution in [0.25, 0.3) is 0 Å². The molecule has 1 unspecified atom stereocenters. The number of oxazole rings is 1. The van der Waals surface area contributed by atoms with Gasteiger partial charge in [0.25, 0.3) is 5.91 Å². The fraction of sp³-hybridized carbons (Fsp3) is 0.333. The maximum Gasteiger partial charge on any atom is 0.273 e. The van der Waals surface area contributed by atoms with Gasteiger partial charge in [-0.05, 0) is 30.1 Å². The van der Waals surface area contributed by atoms with Crippen LogP contribution in [0.15, 0.2) is 39.4 Å². The Morgan fingerprint density at radius 2 is 2.27 bits per heavy atom. The molecule has 0 saturated carbocycles. The number of thioether (sulfide) groups is 1. The van der Waals surface area contributed by atoms with E-state index in [1.54, 1.807) is 11.8 Å². The minimum atomic E-state index is -0.280. The van der Waals surface area contributed by atoms with Gasteiger partial charge < -0.3 is 15.5 Å². The van der Waals surface area contributed by atoms with Crippen LogP contribution in [-0.4, -0.2) is 22.9 Å². The second-order valence-corrected chi connectivity index (χ2v) is 6.57. The molecular formula is C15H18BrN3O2S. The fourth-order valence-corrected chi connectivity index (χ4v) is 2.75. The Balaban J connectivity index is 1.93. The van der Waals surface area contributed by atoms with Gasteiger partial charge in [0.15, 0.2) is 5.69 Å². The molecule has 1 atom stereocenters. The van der Waals surface area contributed by atoms with Gasteiger partial charge in [0.2, 0.25) is 5.89 Å². The molecule has 0 aliphatic carbocycles. The lowest BCUT2D eigenvalue weighted by molar-refractivity contribution is 0.0946. The number of nitrogens with two attached hydrogens (primary N) is 1. The van der Waals surface area contributed by atoms with Gasteiger partial charge >= 0.3 is 0 Å². The zero-order valence-corrected chi connectivity index (χ0v) is 14.6. The first kappa shape index (κ1) is 17.1. The number of nitrogens with one attached hydrogen (secondary N) is 1. The van der Waals surface area contributed by atoms with E-state index in [1.807, 2.05) is 30.5 Å². The second kappa shape index (κ2) is 8.36. The second-order valence-electron chi connectivity index (χ2n) is 4.73. The van der Waals surface area contributed by atoms with Crippen LogP contribution in [0.2, 0.25) is 0 Å². The molecule has 3 N–H and O–H groups in total. The average Bonchev–Trinajstić information content (AvgIpc) is 3.01. The number of hydrogen-bond donors (Lipinski definition) is 2. The largest absolute Gasteiger partial charge is 0.446 e. The predicted molar refractivity (Wildman–Crippen MR) is 91.7 cm³/mol. The lowest BCUT2D eigenvalue weighted by Gasteiger charge is -2.06. The predicted octanol–water partition coefficient (Wildman–Crippen LogP) is 3.12. The number of nitrogens with zero attached hydrogens (tertiary/aromatic N) is 1. The van der Waals surface area contributed by atoms with Gasteiger partial charge in [-0.1, -0.05) is 34.1 Å². The van der Waals surface area contributed by atoms with Crippen LogP contribution < -0.4 is 11.1 Å². The molecule has 0 radical (unpaired) electrons. The first-order valence-electron chi connectivity index (χ1n) is 6.83. The van der Waals surface area contributed by atoms with E-state index in [4.69, 9.17) is 10.2 Å². The molecule has 2 aromatic rings. The third kappa shape index (κ3) is 4.59. The maximum absolute atomic E-state index is 12.1. The average molecular weight is 384 g/mol. The van der Waals surface area contributed by atoms with Crippen molar-refractivity contribution < 1.29 is 9.21 Å². The van der Waals surface area contributed by atoms with E-state index < -0.39 is 0 Å². The number of amides is 1. The van der Waals surface area contributed by atoms with Gasteiger partial charge in [-0.3, -0.25) is 4.79 Å². The van der Waals surface area contributed by atoms with Crippen molar-refractivity contribution in [3.05, 3.63) is 52.1 Å². The van der Waals surface area contributed by atoms with Crippen LogP contribution in [0.1, 0.15) is 34.4 Å². The minimum absolute atomic E-state index is 0.252. The van der Waals surface area contributed by atoms with E-state index in [0.717, 1.165) is 22.2 Å². The number of halogens is 1. The van der Waals surface area contributed by atoms with Crippen LogP contribution >= 0.6 is 27.7 Å². The highest BCUT2D eigenvalue weighted by Gasteiger charge is 2.16. The number of aromatic nitrogens is 1. The van der Waals surface area contributed by atoms with Crippen molar-refractivity contribution in [2.24, 2.45) is 5.73 Å². The summed E-state index contributed by atoms with van der Waals surface area (Å²) in [6.45, 7) is 0.418. The molecule has 5 nitrogen and oxygen atoms in total. The molecule has 0 saturated heterocycles. The van der Waals surface area contributed by atoms with Crippen LogP contribution in [0.5, 0.6) is 0 Å². The van der Waals surface area contributed by atoms with Crippen molar-refractivity contribution in [3.63, 3.8) is 0 Å². The number of benzene rings is 1. The molecule has 2 rings (SSSR count). The Hall–Kier alpha value is -1.31. The van der Waals surface area contributed by atoms with Crippen LogP contribution in [-0.2, 0) is 6.54 Å². The number of carbonyl (C=O) groups excluding carboxylic acids is 1. The summed E-state index contributed by atoms with van der Waals surface area (Å²) in [5, 5.41) is 2.82. The standard InChI is InChI=1S/C15H18BrN3O2S/c1-22-7-6-12(17)15-19-13(9-21-15)14(20)18-8-10-4-2-3-5-11(10)16/h2-5,9,12H,6-8,17H2,1H3,(H,18,20). The van der Waals surface area contributed by atoms with E-state index in [0.29, 0.717) is 12.4 Å². The molecule has 1 amide bonds. The molecule has 1 heterocycles. The van der Waals surface area contributed by atoms with E-state index in [-0.39, 0.29) is 17.6 Å². The Labute approximate surface area is 142 Å². The topological polar surface area (TPSA) is 81.1 Å². The van der Waals surface area contributed by atoms with Crippen molar-refractivity contribution >= 4 is 33.6 Å². The van der Waals surface area contributed by atoms with Gasteiger partial charge in [-0.25, -0.2) is 4.98 Å². The summed E-state index contributed by atoms with van der Waals surface area (Å²) in [5.41, 5.74) is 7.22. The highest BCUT2D eigenvalue weighted by atomic mass is 79.9. The summed E-state index contributed by atoms with van der Waals surface area (Å²) in [7, 11) is 0. The Morgan fingerprint density at radius 1 is 1.50 bits per heavy atom. The first-order chi connectivity index (χ1) is 10.6. The van der Waals surface area contributed by atoms with Crippen molar-refractivity contribution in [2.45, 2.75) is 19.0 Å². The molecule has 0 aliphatic rings. The third-order valence-electron chi connectivity index (χ3n) is 3.10. The highest BCUT2D eigenvalue weighted by molar-refractivity contribution is 9.10. The van der Waals surface area contributed by atoms with Gasteiger partial charge in [0, 0.05) is 11.0 Å². The lowest BCUT2D eigenvalue weighted by Crippen LogP contribution is -2.23. The zero-order valence-electron chi connectivity index (χ0n) is 12.2. The van der Waals surface area contributed by atoms with E-state index in [2.05, 4.69) is 26.2 Å². The van der Waals surface area contributed by atoms with Gasteiger partial charge in [0.1, 0.15) is 6.26 Å². The fourth-order valence-electron chi connectivity index (χ4n) is 1.84. The number of carbonyl (C=O) groups is 1. The third-order valence-corrected chi connectivity index (χ3v) is 4.52. The normalized spacial score (nSPS) is 12.1. The van der Waals surface area contributed by atoms with Crippen molar-refractivity contribution in [1.29, 1.82) is 0 Å². The Kier molecular flexibility index (Phi) is 6.48. The molecule has 0 fully saturated rings. The Bertz CT molecular complexity index is 633. The van der Waals surface area contributed by atoms with Crippen LogP contribution in [0.4, 0.5) is 0 Å². The summed E-state index contributed by atoms with van der Waals surface area (Å²) < 4.78 is 6.26. The summed E-state index contributed by atoms with van der Waals surface area (Å²) in [4.78, 5) is 16.3. The molecule has 0 aliphatic heterocycles. The quantitative estimate of drug-likeness (QED) is 0.767. The highest BCUT2D eigenvalue weighted by Crippen LogP contribution is 2.17. The van der Waals surface area contributed by atoms with Gasteiger partial charge in [-0.15, -0.1) is 0 Å². The van der Waals surface area contributed by atoms with E-state index in [1.165, 1.54) is 6.26 Å². The molecule has 0 spiro atoms. The van der Waals surface area contributed by atoms with Crippen molar-refractivity contribution in [1.82, 2.24) is 10.3 Å². The molecule has 0 bridgehead atoms. The number of hydrogen-bond acceptors (Lipinski definition) is 5. The molecule has 7 heteroatoms. The van der Waals surface area contributed by atoms with E-state index >= 15 is 0 Å². The molecule has 1 aromatic heterocycles. The smallest absolute Gasteiger partial charge is 0.273 e. The number of rotatable bonds is 7. The monoisotopic (exact) mass is 383 g/mol. The summed E-state index contributed by atoms with van der Waals surface area (Å²) in [6, 6.07) is 7.44.